The van der Waals surface area contributed by atoms with Crippen molar-refractivity contribution >= 4 is 33.7 Å². The van der Waals surface area contributed by atoms with E-state index in [1.165, 1.54) is 18.9 Å². The summed E-state index contributed by atoms with van der Waals surface area (Å²) in [4.78, 5) is 18.7. The van der Waals surface area contributed by atoms with Crippen LogP contribution in [0.2, 0.25) is 0 Å². The maximum absolute atomic E-state index is 11.0. The smallest absolute Gasteiger partial charge is 0.320 e. The number of esters is 1. The first-order chi connectivity index (χ1) is 6.74. The zero-order valence-corrected chi connectivity index (χ0v) is 9.92. The first kappa shape index (κ1) is 11.5. The highest BCUT2D eigenvalue weighted by Gasteiger charge is 2.15. The van der Waals surface area contributed by atoms with Gasteiger partial charge < -0.3 is 4.74 Å². The lowest BCUT2D eigenvalue weighted by atomic mass is 10.5. The van der Waals surface area contributed by atoms with Gasteiger partial charge in [0.1, 0.15) is 4.83 Å². The molecule has 1 aromatic heterocycles. The third kappa shape index (κ3) is 3.63. The lowest BCUT2D eigenvalue weighted by Crippen LogP contribution is -2.17. The van der Waals surface area contributed by atoms with E-state index in [9.17, 15) is 4.79 Å². The minimum Gasteiger partial charge on any atom is -0.468 e. The number of methoxy groups -OCH3 is 1. The Hall–Kier alpha value is -0.620. The second-order valence-electron chi connectivity index (χ2n) is 2.33. The van der Waals surface area contributed by atoms with Gasteiger partial charge in [0.25, 0.3) is 0 Å². The van der Waals surface area contributed by atoms with Crippen molar-refractivity contribution in [3.8, 4) is 0 Å². The molecule has 0 bridgehead atoms. The average Bonchev–Trinajstić information content (AvgIpc) is 2.26. The number of nitrogens with zero attached hydrogens (tertiary/aromatic N) is 2. The van der Waals surface area contributed by atoms with Crippen LogP contribution >= 0.6 is 27.7 Å². The summed E-state index contributed by atoms with van der Waals surface area (Å²) >= 11 is 4.61. The standard InChI is InChI=1S/C8H9BrN2O2S/c1-13-7(12)6(9)5-14-8-10-3-2-4-11-8/h2-4,6H,5H2,1H3. The molecule has 0 spiro atoms. The predicted molar refractivity (Wildman–Crippen MR) is 57.5 cm³/mol. The largest absolute Gasteiger partial charge is 0.468 e. The minimum absolute atomic E-state index is 0.284. The summed E-state index contributed by atoms with van der Waals surface area (Å²) in [6.07, 6.45) is 3.33. The molecule has 0 saturated carbocycles. The molecule has 76 valence electrons. The van der Waals surface area contributed by atoms with Crippen LogP contribution in [0.4, 0.5) is 0 Å². The van der Waals surface area contributed by atoms with Crippen LogP contribution in [0.15, 0.2) is 23.6 Å². The molecule has 14 heavy (non-hydrogen) atoms. The van der Waals surface area contributed by atoms with Crippen molar-refractivity contribution in [3.05, 3.63) is 18.5 Å². The van der Waals surface area contributed by atoms with Gasteiger partial charge in [0.15, 0.2) is 5.16 Å². The molecule has 6 heteroatoms. The topological polar surface area (TPSA) is 52.1 Å². The zero-order valence-electron chi connectivity index (χ0n) is 7.51. The highest BCUT2D eigenvalue weighted by Crippen LogP contribution is 2.16. The van der Waals surface area contributed by atoms with Gasteiger partial charge in [0, 0.05) is 18.1 Å². The van der Waals surface area contributed by atoms with E-state index in [4.69, 9.17) is 0 Å². The van der Waals surface area contributed by atoms with E-state index >= 15 is 0 Å². The molecule has 0 amide bonds. The Bertz CT molecular complexity index is 297. The molecule has 0 N–H and O–H groups in total. The molecule has 1 atom stereocenters. The number of aromatic nitrogens is 2. The van der Waals surface area contributed by atoms with Crippen LogP contribution in [-0.4, -0.2) is 33.6 Å². The Labute approximate surface area is 94.6 Å². The van der Waals surface area contributed by atoms with Gasteiger partial charge in [0.05, 0.1) is 7.11 Å². The van der Waals surface area contributed by atoms with Gasteiger partial charge in [-0.1, -0.05) is 27.7 Å². The number of halogens is 1. The van der Waals surface area contributed by atoms with Crippen molar-refractivity contribution in [3.63, 3.8) is 0 Å². The third-order valence-electron chi connectivity index (χ3n) is 1.36. The van der Waals surface area contributed by atoms with Crippen molar-refractivity contribution < 1.29 is 9.53 Å². The van der Waals surface area contributed by atoms with E-state index < -0.39 is 0 Å². The fourth-order valence-electron chi connectivity index (χ4n) is 0.704. The number of carbonyl (C=O) groups excluding carboxylic acids is 1. The molecule has 0 saturated heterocycles. The zero-order chi connectivity index (χ0) is 10.4. The fraction of sp³-hybridized carbons (Fsp3) is 0.375. The SMILES string of the molecule is COC(=O)C(Br)CSc1ncccn1. The molecular formula is C8H9BrN2O2S. The van der Waals surface area contributed by atoms with Crippen LogP contribution < -0.4 is 0 Å². The number of rotatable bonds is 4. The molecule has 1 unspecified atom stereocenters. The summed E-state index contributed by atoms with van der Waals surface area (Å²) in [5.74, 6) is 0.268. The molecular weight excluding hydrogens is 268 g/mol. The summed E-state index contributed by atoms with van der Waals surface area (Å²) in [6.45, 7) is 0. The summed E-state index contributed by atoms with van der Waals surface area (Å²) in [6, 6.07) is 1.75. The van der Waals surface area contributed by atoms with Crippen LogP contribution in [0.25, 0.3) is 0 Å². The molecule has 1 rings (SSSR count). The van der Waals surface area contributed by atoms with Crippen LogP contribution in [0.3, 0.4) is 0 Å². The molecule has 0 aliphatic carbocycles. The maximum atomic E-state index is 11.0. The second kappa shape index (κ2) is 5.98. The first-order valence-electron chi connectivity index (χ1n) is 3.85. The number of alkyl halides is 1. The molecule has 4 nitrogen and oxygen atoms in total. The summed E-state index contributed by atoms with van der Waals surface area (Å²) < 4.78 is 4.56. The van der Waals surface area contributed by atoms with Gasteiger partial charge >= 0.3 is 5.97 Å². The number of carbonyl (C=O) groups is 1. The Balaban J connectivity index is 2.38. The van der Waals surface area contributed by atoms with Crippen LogP contribution in [0.5, 0.6) is 0 Å². The van der Waals surface area contributed by atoms with E-state index in [-0.39, 0.29) is 10.8 Å². The van der Waals surface area contributed by atoms with E-state index in [0.29, 0.717) is 10.9 Å². The normalized spacial score (nSPS) is 12.1. The van der Waals surface area contributed by atoms with Crippen LogP contribution in [0, 0.1) is 0 Å². The summed E-state index contributed by atoms with van der Waals surface area (Å²) in [5, 5.41) is 0.654. The number of thioether (sulfide) groups is 1. The highest BCUT2D eigenvalue weighted by molar-refractivity contribution is 9.10. The fourth-order valence-corrected chi connectivity index (χ4v) is 1.99. The van der Waals surface area contributed by atoms with Crippen molar-refractivity contribution in [1.82, 2.24) is 9.97 Å². The molecule has 1 heterocycles. The Morgan fingerprint density at radius 1 is 1.64 bits per heavy atom. The van der Waals surface area contributed by atoms with Crippen molar-refractivity contribution in [2.24, 2.45) is 0 Å². The summed E-state index contributed by atoms with van der Waals surface area (Å²) in [7, 11) is 1.36. The number of hydrogen-bond acceptors (Lipinski definition) is 5. The number of ether oxygens (including phenoxy) is 1. The monoisotopic (exact) mass is 276 g/mol. The lowest BCUT2D eigenvalue weighted by molar-refractivity contribution is -0.139. The van der Waals surface area contributed by atoms with Crippen LogP contribution in [-0.2, 0) is 9.53 Å². The predicted octanol–water partition coefficient (Wildman–Crippen LogP) is 1.51. The lowest BCUT2D eigenvalue weighted by Gasteiger charge is -2.05. The quantitative estimate of drug-likeness (QED) is 0.361. The van der Waals surface area contributed by atoms with E-state index in [1.807, 2.05) is 0 Å². The molecule has 1 aromatic rings. The Kier molecular flexibility index (Phi) is 4.89. The molecule has 0 aliphatic rings. The maximum Gasteiger partial charge on any atom is 0.320 e. The van der Waals surface area contributed by atoms with Crippen LogP contribution in [0.1, 0.15) is 0 Å². The first-order valence-corrected chi connectivity index (χ1v) is 5.76. The second-order valence-corrected chi connectivity index (χ2v) is 4.43. The molecule has 0 radical (unpaired) electrons. The Morgan fingerprint density at radius 3 is 2.86 bits per heavy atom. The minimum atomic E-state index is -0.318. The van der Waals surface area contributed by atoms with E-state index in [1.54, 1.807) is 18.5 Å². The van der Waals surface area contributed by atoms with Crippen molar-refractivity contribution in [2.45, 2.75) is 9.98 Å². The molecule has 0 aliphatic heterocycles. The summed E-state index contributed by atoms with van der Waals surface area (Å²) in [5.41, 5.74) is 0. The van der Waals surface area contributed by atoms with Gasteiger partial charge in [-0.05, 0) is 6.07 Å². The molecule has 0 fully saturated rings. The average molecular weight is 277 g/mol. The van der Waals surface area contributed by atoms with Crippen molar-refractivity contribution in [1.29, 1.82) is 0 Å². The Morgan fingerprint density at radius 2 is 2.29 bits per heavy atom. The van der Waals surface area contributed by atoms with Crippen molar-refractivity contribution in [2.75, 3.05) is 12.9 Å². The van der Waals surface area contributed by atoms with Gasteiger partial charge in [-0.25, -0.2) is 9.97 Å². The van der Waals surface area contributed by atoms with E-state index in [2.05, 4.69) is 30.6 Å². The third-order valence-corrected chi connectivity index (χ3v) is 3.45. The highest BCUT2D eigenvalue weighted by atomic mass is 79.9. The van der Waals surface area contributed by atoms with Gasteiger partial charge in [-0.15, -0.1) is 0 Å². The van der Waals surface area contributed by atoms with Gasteiger partial charge in [0.2, 0.25) is 0 Å². The molecule has 0 aromatic carbocycles. The van der Waals surface area contributed by atoms with Gasteiger partial charge in [-0.2, -0.15) is 0 Å². The number of hydrogen-bond donors (Lipinski definition) is 0. The van der Waals surface area contributed by atoms with E-state index in [0.717, 1.165) is 0 Å². The van der Waals surface area contributed by atoms with Gasteiger partial charge in [-0.3, -0.25) is 4.79 Å².